The molecule has 3 N–H and O–H groups in total. The van der Waals surface area contributed by atoms with Crippen molar-refractivity contribution in [3.8, 4) is 11.4 Å². The summed E-state index contributed by atoms with van der Waals surface area (Å²) in [5, 5.41) is 16.3. The topological polar surface area (TPSA) is 118 Å². The predicted molar refractivity (Wildman–Crippen MR) is 141 cm³/mol. The van der Waals surface area contributed by atoms with Crippen molar-refractivity contribution in [2.75, 3.05) is 13.1 Å². The molecule has 40 heavy (non-hydrogen) atoms. The number of amides is 2. The first-order valence-electron chi connectivity index (χ1n) is 13.3. The van der Waals surface area contributed by atoms with E-state index in [-0.39, 0.29) is 30.8 Å². The molecule has 0 spiro atoms. The fourth-order valence-electron chi connectivity index (χ4n) is 5.10. The summed E-state index contributed by atoms with van der Waals surface area (Å²) < 4.78 is 41.8. The van der Waals surface area contributed by atoms with Gasteiger partial charge in [0.25, 0.3) is 5.91 Å². The average molecular weight is 554 g/mol. The van der Waals surface area contributed by atoms with Gasteiger partial charge in [0.05, 0.1) is 11.6 Å². The Labute approximate surface area is 229 Å². The van der Waals surface area contributed by atoms with Crippen LogP contribution in [0.2, 0.25) is 0 Å². The minimum Gasteiger partial charge on any atom is -0.354 e. The zero-order valence-corrected chi connectivity index (χ0v) is 21.7. The summed E-state index contributed by atoms with van der Waals surface area (Å²) in [6, 6.07) is 9.31. The van der Waals surface area contributed by atoms with Crippen LogP contribution < -0.4 is 10.6 Å². The molecule has 2 amide bonds. The van der Waals surface area contributed by atoms with Crippen LogP contribution in [-0.4, -0.2) is 49.9 Å². The van der Waals surface area contributed by atoms with E-state index in [0.29, 0.717) is 25.1 Å². The minimum absolute atomic E-state index is 0.00517. The number of hydrogen-bond acceptors (Lipinski definition) is 5. The molecule has 210 valence electrons. The van der Waals surface area contributed by atoms with Crippen molar-refractivity contribution in [3.05, 3.63) is 77.9 Å². The number of carbonyl (C=O) groups excluding carboxylic acids is 2. The zero-order chi connectivity index (χ0) is 28.1. The summed E-state index contributed by atoms with van der Waals surface area (Å²) in [5.41, 5.74) is -0.827. The van der Waals surface area contributed by atoms with Crippen molar-refractivity contribution in [1.29, 1.82) is 0 Å². The summed E-state index contributed by atoms with van der Waals surface area (Å²) >= 11 is 0. The number of allylic oxidation sites excluding steroid dienone is 4. The highest BCUT2D eigenvalue weighted by molar-refractivity contribution is 5.95. The van der Waals surface area contributed by atoms with Crippen LogP contribution in [-0.2, 0) is 11.0 Å². The van der Waals surface area contributed by atoms with Crippen molar-refractivity contribution in [2.45, 2.75) is 50.2 Å². The molecule has 1 atom stereocenters. The van der Waals surface area contributed by atoms with Gasteiger partial charge in [0.1, 0.15) is 5.82 Å². The molecule has 0 aliphatic heterocycles. The summed E-state index contributed by atoms with van der Waals surface area (Å²) in [4.78, 5) is 29.9. The maximum absolute atomic E-state index is 13.6. The Bertz CT molecular complexity index is 1390. The molecule has 0 saturated heterocycles. The van der Waals surface area contributed by atoms with Gasteiger partial charge in [-0.25, -0.2) is 4.98 Å². The number of H-pyrrole nitrogens is 1. The first-order chi connectivity index (χ1) is 19.3. The predicted octanol–water partition coefficient (Wildman–Crippen LogP) is 4.56. The number of carbonyl (C=O) groups is 2. The highest BCUT2D eigenvalue weighted by Crippen LogP contribution is 2.35. The summed E-state index contributed by atoms with van der Waals surface area (Å²) in [6.45, 7) is 0.105. The Morgan fingerprint density at radius 3 is 2.48 bits per heavy atom. The van der Waals surface area contributed by atoms with Crippen molar-refractivity contribution in [3.63, 3.8) is 0 Å². The van der Waals surface area contributed by atoms with Gasteiger partial charge in [-0.2, -0.15) is 23.4 Å². The Balaban J connectivity index is 1.08. The molecule has 2 aliphatic carbocycles. The van der Waals surface area contributed by atoms with E-state index in [1.807, 2.05) is 36.4 Å². The van der Waals surface area contributed by atoms with E-state index in [1.165, 1.54) is 0 Å². The third-order valence-electron chi connectivity index (χ3n) is 7.27. The number of alkyl halides is 3. The lowest BCUT2D eigenvalue weighted by Crippen LogP contribution is -2.38. The third-order valence-corrected chi connectivity index (χ3v) is 7.27. The SMILES string of the molecule is O=C(NCCNC(=O)C1CCC(c2nc(-c3ccccc3)n[nH]2)CC1)c1cn(C2C=CC=CC2)nc1C(F)(F)F. The first-order valence-corrected chi connectivity index (χ1v) is 13.3. The number of hydrogen-bond donors (Lipinski definition) is 3. The second-order valence-corrected chi connectivity index (χ2v) is 9.99. The van der Waals surface area contributed by atoms with E-state index < -0.39 is 29.4 Å². The van der Waals surface area contributed by atoms with Gasteiger partial charge in [-0.05, 0) is 32.1 Å². The van der Waals surface area contributed by atoms with Crippen LogP contribution in [0, 0.1) is 5.92 Å². The Kier molecular flexibility index (Phi) is 8.13. The number of aromatic nitrogens is 5. The molecule has 1 saturated carbocycles. The van der Waals surface area contributed by atoms with Crippen LogP contribution in [0.4, 0.5) is 13.2 Å². The molecule has 12 heteroatoms. The maximum Gasteiger partial charge on any atom is 0.435 e. The van der Waals surface area contributed by atoms with Gasteiger partial charge in [-0.3, -0.25) is 19.4 Å². The van der Waals surface area contributed by atoms with Gasteiger partial charge < -0.3 is 10.6 Å². The Hall–Kier alpha value is -4.22. The zero-order valence-electron chi connectivity index (χ0n) is 21.7. The lowest BCUT2D eigenvalue weighted by atomic mass is 9.81. The second kappa shape index (κ2) is 11.9. The number of nitrogens with zero attached hydrogens (tertiary/aromatic N) is 4. The number of aromatic amines is 1. The molecule has 1 unspecified atom stereocenters. The molecule has 3 aromatic rings. The number of rotatable bonds is 8. The standard InChI is InChI=1S/C28H30F3N7O2/c29-28(30,31)23-22(17-38(37-23)21-9-5-2-6-10-21)27(40)33-16-15-32-26(39)20-13-11-19(12-14-20)25-34-24(35-36-25)18-7-3-1-4-8-18/h1-9,17,19-21H,10-16H2,(H,32,39)(H,33,40)(H,34,35,36). The Morgan fingerprint density at radius 1 is 1.02 bits per heavy atom. The van der Waals surface area contributed by atoms with Crippen molar-refractivity contribution < 1.29 is 22.8 Å². The van der Waals surface area contributed by atoms with Crippen LogP contribution in [0.25, 0.3) is 11.4 Å². The molecule has 5 rings (SSSR count). The van der Waals surface area contributed by atoms with E-state index in [4.69, 9.17) is 0 Å². The van der Waals surface area contributed by atoms with Crippen molar-refractivity contribution in [2.24, 2.45) is 5.92 Å². The van der Waals surface area contributed by atoms with Crippen LogP contribution in [0.5, 0.6) is 0 Å². The van der Waals surface area contributed by atoms with Crippen molar-refractivity contribution >= 4 is 11.8 Å². The third kappa shape index (κ3) is 6.32. The molecule has 2 heterocycles. The van der Waals surface area contributed by atoms with E-state index >= 15 is 0 Å². The lowest BCUT2D eigenvalue weighted by molar-refractivity contribution is -0.141. The van der Waals surface area contributed by atoms with Gasteiger partial charge in [0.15, 0.2) is 11.5 Å². The molecule has 1 fully saturated rings. The number of halogens is 3. The average Bonchev–Trinajstić information content (AvgIpc) is 3.65. The molecule has 0 radical (unpaired) electrons. The van der Waals surface area contributed by atoms with E-state index in [9.17, 15) is 22.8 Å². The molecular formula is C28H30F3N7O2. The molecule has 0 bridgehead atoms. The normalized spacial score (nSPS) is 20.8. The minimum atomic E-state index is -4.77. The first kappa shape index (κ1) is 27.4. The molecular weight excluding hydrogens is 523 g/mol. The monoisotopic (exact) mass is 553 g/mol. The molecule has 2 aliphatic rings. The highest BCUT2D eigenvalue weighted by Gasteiger charge is 2.39. The molecule has 9 nitrogen and oxygen atoms in total. The van der Waals surface area contributed by atoms with Gasteiger partial charge in [0.2, 0.25) is 5.91 Å². The van der Waals surface area contributed by atoms with Crippen LogP contribution in [0.1, 0.15) is 65.9 Å². The number of nitrogens with one attached hydrogen (secondary N) is 3. The maximum atomic E-state index is 13.6. The van der Waals surface area contributed by atoms with E-state index in [0.717, 1.165) is 35.1 Å². The van der Waals surface area contributed by atoms with Gasteiger partial charge in [-0.15, -0.1) is 0 Å². The van der Waals surface area contributed by atoms with E-state index in [1.54, 1.807) is 18.2 Å². The fourth-order valence-corrected chi connectivity index (χ4v) is 5.10. The van der Waals surface area contributed by atoms with E-state index in [2.05, 4.69) is 30.9 Å². The number of benzene rings is 1. The van der Waals surface area contributed by atoms with Crippen LogP contribution in [0.3, 0.4) is 0 Å². The summed E-state index contributed by atoms with van der Waals surface area (Å²) in [6.07, 6.45) is 6.86. The quantitative estimate of drug-likeness (QED) is 0.354. The van der Waals surface area contributed by atoms with Crippen molar-refractivity contribution in [1.82, 2.24) is 35.6 Å². The summed E-state index contributed by atoms with van der Waals surface area (Å²) in [5.74, 6) is 0.475. The summed E-state index contributed by atoms with van der Waals surface area (Å²) in [7, 11) is 0. The van der Waals surface area contributed by atoms with Gasteiger partial charge in [0, 0.05) is 36.7 Å². The fraction of sp³-hybridized carbons (Fsp3) is 0.393. The highest BCUT2D eigenvalue weighted by atomic mass is 19.4. The largest absolute Gasteiger partial charge is 0.435 e. The smallest absolute Gasteiger partial charge is 0.354 e. The van der Waals surface area contributed by atoms with Crippen LogP contribution >= 0.6 is 0 Å². The lowest BCUT2D eigenvalue weighted by Gasteiger charge is -2.26. The second-order valence-electron chi connectivity index (χ2n) is 9.99. The van der Waals surface area contributed by atoms with Crippen LogP contribution in [0.15, 0.2) is 60.8 Å². The Morgan fingerprint density at radius 2 is 1.77 bits per heavy atom. The van der Waals surface area contributed by atoms with Gasteiger partial charge >= 0.3 is 6.18 Å². The molecule has 2 aromatic heterocycles. The molecule has 1 aromatic carbocycles. The van der Waals surface area contributed by atoms with Gasteiger partial charge in [-0.1, -0.05) is 54.6 Å².